The predicted molar refractivity (Wildman–Crippen MR) is 96.9 cm³/mol. The molecule has 0 bridgehead atoms. The number of pyridine rings is 1. The zero-order chi connectivity index (χ0) is 17.5. The van der Waals surface area contributed by atoms with Crippen molar-refractivity contribution in [2.75, 3.05) is 18.4 Å². The lowest BCUT2D eigenvalue weighted by Gasteiger charge is -2.17. The minimum absolute atomic E-state index is 0.278. The minimum atomic E-state index is -0.294. The third-order valence-electron chi connectivity index (χ3n) is 4.17. The second kappa shape index (κ2) is 8.46. The number of hydrogen-bond acceptors (Lipinski definition) is 3. The summed E-state index contributed by atoms with van der Waals surface area (Å²) < 4.78 is 13.3. The number of nitrogens with one attached hydrogen (secondary N) is 3. The molecule has 3 rings (SSSR count). The molecule has 1 aromatic rings. The Labute approximate surface area is 147 Å². The number of urea groups is 1. The van der Waals surface area contributed by atoms with Crippen molar-refractivity contribution in [3.63, 3.8) is 0 Å². The Morgan fingerprint density at radius 3 is 3.04 bits per heavy atom. The Kier molecular flexibility index (Phi) is 5.82. The summed E-state index contributed by atoms with van der Waals surface area (Å²) in [4.78, 5) is 16.6. The lowest BCUT2D eigenvalue weighted by atomic mass is 10.1. The zero-order valence-electron chi connectivity index (χ0n) is 14.1. The molecule has 25 heavy (non-hydrogen) atoms. The number of hydrogen-bond donors (Lipinski definition) is 3. The van der Waals surface area contributed by atoms with E-state index in [2.05, 4.69) is 27.0 Å². The molecule has 1 aromatic heterocycles. The van der Waals surface area contributed by atoms with Crippen LogP contribution >= 0.6 is 0 Å². The van der Waals surface area contributed by atoms with Crippen molar-refractivity contribution in [1.29, 1.82) is 0 Å². The average Bonchev–Trinajstić information content (AvgIpc) is 2.61. The maximum atomic E-state index is 13.3. The molecule has 0 saturated carbocycles. The first-order chi connectivity index (χ1) is 12.2. The van der Waals surface area contributed by atoms with Crippen molar-refractivity contribution in [1.82, 2.24) is 15.6 Å². The summed E-state index contributed by atoms with van der Waals surface area (Å²) in [6.07, 6.45) is 10.5. The van der Waals surface area contributed by atoms with E-state index in [0.29, 0.717) is 31.5 Å². The van der Waals surface area contributed by atoms with Gasteiger partial charge < -0.3 is 16.0 Å². The molecule has 2 aliphatic rings. The normalized spacial score (nSPS) is 19.9. The maximum Gasteiger partial charge on any atom is 0.319 e. The quantitative estimate of drug-likeness (QED) is 0.786. The monoisotopic (exact) mass is 342 g/mol. The number of allylic oxidation sites excluding steroid dienone is 5. The molecule has 0 unspecified atom stereocenters. The maximum absolute atomic E-state index is 13.3. The first kappa shape index (κ1) is 17.2. The average molecular weight is 342 g/mol. The van der Waals surface area contributed by atoms with Crippen molar-refractivity contribution in [3.8, 4) is 0 Å². The van der Waals surface area contributed by atoms with Crippen LogP contribution in [0.2, 0.25) is 0 Å². The molecular weight excluding hydrogens is 319 g/mol. The van der Waals surface area contributed by atoms with Crippen LogP contribution < -0.4 is 16.0 Å². The number of rotatable bonds is 4. The Hall–Kier alpha value is -2.63. The molecule has 2 amide bonds. The molecule has 1 aliphatic heterocycles. The molecule has 6 heteroatoms. The van der Waals surface area contributed by atoms with Gasteiger partial charge in [0.15, 0.2) is 0 Å². The molecule has 0 atom stereocenters. The standard InChI is InChI=1S/C19H23FN4O/c20-15-5-1-2-6-16(10-8-15)24-19(25)22-13-11-17-9-7-14-4-3-12-21-18(14)23-17/h5-10H,1-4,11-13H2,(H,21,23)(H2,22,24,25)/b10-8-,15-5?,16-6+. The van der Waals surface area contributed by atoms with E-state index >= 15 is 0 Å². The predicted octanol–water partition coefficient (Wildman–Crippen LogP) is 3.37. The van der Waals surface area contributed by atoms with Crippen LogP contribution in [-0.4, -0.2) is 24.1 Å². The number of carbonyl (C=O) groups excluding carboxylic acids is 1. The number of aromatic nitrogens is 1. The molecule has 0 aromatic carbocycles. The number of fused-ring (bicyclic) bond motifs is 1. The van der Waals surface area contributed by atoms with Crippen molar-refractivity contribution in [2.45, 2.75) is 32.1 Å². The third kappa shape index (κ3) is 5.17. The largest absolute Gasteiger partial charge is 0.370 e. The summed E-state index contributed by atoms with van der Waals surface area (Å²) in [5.41, 5.74) is 2.81. The van der Waals surface area contributed by atoms with Gasteiger partial charge in [-0.3, -0.25) is 0 Å². The van der Waals surface area contributed by atoms with Crippen LogP contribution in [0.1, 0.15) is 30.5 Å². The number of carbonyl (C=O) groups is 1. The van der Waals surface area contributed by atoms with E-state index in [1.807, 2.05) is 12.1 Å². The summed E-state index contributed by atoms with van der Waals surface area (Å²) in [6.45, 7) is 1.45. The van der Waals surface area contributed by atoms with Crippen LogP contribution in [0, 0.1) is 0 Å². The van der Waals surface area contributed by atoms with E-state index in [1.54, 1.807) is 6.08 Å². The van der Waals surface area contributed by atoms with Gasteiger partial charge in [0.2, 0.25) is 0 Å². The Bertz CT molecular complexity index is 724. The fourth-order valence-corrected chi connectivity index (χ4v) is 2.85. The Balaban J connectivity index is 1.46. The van der Waals surface area contributed by atoms with Gasteiger partial charge in [-0.1, -0.05) is 12.1 Å². The number of nitrogens with zero attached hydrogens (tertiary/aromatic N) is 1. The van der Waals surface area contributed by atoms with Gasteiger partial charge in [0.1, 0.15) is 11.6 Å². The molecule has 0 saturated heterocycles. The van der Waals surface area contributed by atoms with Gasteiger partial charge in [0.25, 0.3) is 0 Å². The van der Waals surface area contributed by atoms with Crippen LogP contribution in [0.5, 0.6) is 0 Å². The van der Waals surface area contributed by atoms with E-state index in [-0.39, 0.29) is 11.9 Å². The molecule has 132 valence electrons. The molecule has 0 spiro atoms. The van der Waals surface area contributed by atoms with Crippen LogP contribution in [0.3, 0.4) is 0 Å². The van der Waals surface area contributed by atoms with Crippen molar-refractivity contribution in [2.24, 2.45) is 0 Å². The van der Waals surface area contributed by atoms with E-state index in [1.165, 1.54) is 17.7 Å². The van der Waals surface area contributed by atoms with Gasteiger partial charge in [-0.2, -0.15) is 0 Å². The fraction of sp³-hybridized carbons (Fsp3) is 0.368. The molecule has 0 fully saturated rings. The number of halogens is 1. The van der Waals surface area contributed by atoms with Gasteiger partial charge >= 0.3 is 6.03 Å². The number of anilines is 1. The van der Waals surface area contributed by atoms with Gasteiger partial charge in [0, 0.05) is 30.9 Å². The van der Waals surface area contributed by atoms with Crippen LogP contribution in [-0.2, 0) is 12.8 Å². The zero-order valence-corrected chi connectivity index (χ0v) is 14.1. The topological polar surface area (TPSA) is 66.0 Å². The SMILES string of the molecule is O=C(NCCc1ccc2c(n1)NCCC2)NC1=C/CCC=C(F)/C=C\1. The molecule has 3 N–H and O–H groups in total. The summed E-state index contributed by atoms with van der Waals surface area (Å²) in [5.74, 6) is 0.688. The highest BCUT2D eigenvalue weighted by atomic mass is 19.1. The third-order valence-corrected chi connectivity index (χ3v) is 4.17. The highest BCUT2D eigenvalue weighted by Crippen LogP contribution is 2.19. The number of amides is 2. The smallest absolute Gasteiger partial charge is 0.319 e. The van der Waals surface area contributed by atoms with Crippen molar-refractivity contribution in [3.05, 3.63) is 59.2 Å². The van der Waals surface area contributed by atoms with Crippen molar-refractivity contribution >= 4 is 11.8 Å². The van der Waals surface area contributed by atoms with E-state index in [9.17, 15) is 9.18 Å². The Morgan fingerprint density at radius 2 is 2.12 bits per heavy atom. The first-order valence-electron chi connectivity index (χ1n) is 8.72. The summed E-state index contributed by atoms with van der Waals surface area (Å²) in [6, 6.07) is 3.83. The highest BCUT2D eigenvalue weighted by molar-refractivity contribution is 5.76. The van der Waals surface area contributed by atoms with E-state index < -0.39 is 0 Å². The van der Waals surface area contributed by atoms with E-state index in [0.717, 1.165) is 30.9 Å². The summed E-state index contributed by atoms with van der Waals surface area (Å²) in [5, 5.41) is 8.86. The molecule has 0 radical (unpaired) electrons. The van der Waals surface area contributed by atoms with Crippen LogP contribution in [0.25, 0.3) is 0 Å². The fourth-order valence-electron chi connectivity index (χ4n) is 2.85. The van der Waals surface area contributed by atoms with Crippen LogP contribution in [0.15, 0.2) is 48.0 Å². The second-order valence-electron chi connectivity index (χ2n) is 6.13. The summed E-state index contributed by atoms with van der Waals surface area (Å²) >= 11 is 0. The van der Waals surface area contributed by atoms with E-state index in [4.69, 9.17) is 0 Å². The van der Waals surface area contributed by atoms with Crippen molar-refractivity contribution < 1.29 is 9.18 Å². The van der Waals surface area contributed by atoms with Gasteiger partial charge in [-0.15, -0.1) is 0 Å². The molecular formula is C19H23FN4O. The lowest BCUT2D eigenvalue weighted by Crippen LogP contribution is -2.35. The summed E-state index contributed by atoms with van der Waals surface area (Å²) in [7, 11) is 0. The molecule has 1 aliphatic carbocycles. The molecule has 5 nitrogen and oxygen atoms in total. The second-order valence-corrected chi connectivity index (χ2v) is 6.13. The Morgan fingerprint density at radius 1 is 1.24 bits per heavy atom. The van der Waals surface area contributed by atoms with Gasteiger partial charge in [0.05, 0.1) is 0 Å². The number of aryl methyl sites for hydroxylation is 1. The van der Waals surface area contributed by atoms with Crippen LogP contribution in [0.4, 0.5) is 15.0 Å². The lowest BCUT2D eigenvalue weighted by molar-refractivity contribution is 0.243. The van der Waals surface area contributed by atoms with Gasteiger partial charge in [-0.25, -0.2) is 14.2 Å². The molecule has 2 heterocycles. The van der Waals surface area contributed by atoms with Gasteiger partial charge in [-0.05, 0) is 55.5 Å². The highest BCUT2D eigenvalue weighted by Gasteiger charge is 2.10. The minimum Gasteiger partial charge on any atom is -0.370 e. The first-order valence-corrected chi connectivity index (χ1v) is 8.72.